The lowest BCUT2D eigenvalue weighted by atomic mass is 10.1. The topological polar surface area (TPSA) is 49.3 Å². The van der Waals surface area contributed by atoms with E-state index >= 15 is 0 Å². The zero-order valence-corrected chi connectivity index (χ0v) is 11.3. The normalized spacial score (nSPS) is 11.9. The summed E-state index contributed by atoms with van der Waals surface area (Å²) in [6.07, 6.45) is 0. The number of nitrogens with one attached hydrogen (secondary N) is 1. The first-order valence-electron chi connectivity index (χ1n) is 6.03. The van der Waals surface area contributed by atoms with Crippen molar-refractivity contribution in [3.8, 4) is 0 Å². The Morgan fingerprint density at radius 2 is 1.95 bits per heavy atom. The summed E-state index contributed by atoms with van der Waals surface area (Å²) in [5.74, 6) is -1.29. The van der Waals surface area contributed by atoms with Crippen molar-refractivity contribution < 1.29 is 14.3 Å². The van der Waals surface area contributed by atoms with E-state index in [4.69, 9.17) is 11.6 Å². The highest BCUT2D eigenvalue weighted by Crippen LogP contribution is 2.17. The summed E-state index contributed by atoms with van der Waals surface area (Å²) in [5.41, 5.74) is 0.640. The molecule has 0 fully saturated rings. The Bertz CT molecular complexity index is 604. The first-order valence-corrected chi connectivity index (χ1v) is 6.41. The van der Waals surface area contributed by atoms with Crippen LogP contribution >= 0.6 is 11.6 Å². The third-order valence-electron chi connectivity index (χ3n) is 2.87. The summed E-state index contributed by atoms with van der Waals surface area (Å²) < 4.78 is 13.6. The van der Waals surface area contributed by atoms with Gasteiger partial charge >= 0.3 is 0 Å². The van der Waals surface area contributed by atoms with E-state index in [1.165, 1.54) is 12.1 Å². The molecule has 2 aromatic carbocycles. The quantitative estimate of drug-likeness (QED) is 0.910. The Kier molecular flexibility index (Phi) is 4.71. The standard InChI is InChI=1S/C15H13ClFNO2/c16-11-6-7-12(13(17)8-11)15(20)18-14(9-19)10-4-2-1-3-5-10/h1-8,14,19H,9H2,(H,18,20). The van der Waals surface area contributed by atoms with Crippen LogP contribution in [0.5, 0.6) is 0 Å². The molecular weight excluding hydrogens is 281 g/mol. The predicted octanol–water partition coefficient (Wildman–Crippen LogP) is 2.94. The molecule has 0 saturated carbocycles. The molecule has 0 bridgehead atoms. The van der Waals surface area contributed by atoms with E-state index in [1.807, 2.05) is 6.07 Å². The van der Waals surface area contributed by atoms with Crippen LogP contribution in [0.15, 0.2) is 48.5 Å². The van der Waals surface area contributed by atoms with E-state index < -0.39 is 17.8 Å². The van der Waals surface area contributed by atoms with Crippen molar-refractivity contribution in [2.75, 3.05) is 6.61 Å². The smallest absolute Gasteiger partial charge is 0.254 e. The van der Waals surface area contributed by atoms with Gasteiger partial charge in [-0.1, -0.05) is 41.9 Å². The molecule has 2 aromatic rings. The fourth-order valence-electron chi connectivity index (χ4n) is 1.83. The van der Waals surface area contributed by atoms with Gasteiger partial charge in [-0.05, 0) is 23.8 Å². The van der Waals surface area contributed by atoms with E-state index in [2.05, 4.69) is 5.32 Å². The van der Waals surface area contributed by atoms with E-state index in [-0.39, 0.29) is 17.2 Å². The number of hydrogen-bond donors (Lipinski definition) is 2. The molecule has 5 heteroatoms. The van der Waals surface area contributed by atoms with Crippen molar-refractivity contribution in [3.05, 3.63) is 70.5 Å². The molecule has 1 unspecified atom stereocenters. The number of amides is 1. The zero-order valence-electron chi connectivity index (χ0n) is 10.5. The third kappa shape index (κ3) is 3.35. The number of aliphatic hydroxyl groups excluding tert-OH is 1. The van der Waals surface area contributed by atoms with Gasteiger partial charge in [-0.25, -0.2) is 4.39 Å². The lowest BCUT2D eigenvalue weighted by Gasteiger charge is -2.17. The van der Waals surface area contributed by atoms with Crippen molar-refractivity contribution in [1.82, 2.24) is 5.32 Å². The molecule has 0 aliphatic carbocycles. The number of benzene rings is 2. The summed E-state index contributed by atoms with van der Waals surface area (Å²) >= 11 is 5.64. The number of carbonyl (C=O) groups excluding carboxylic acids is 1. The molecule has 0 aromatic heterocycles. The molecule has 0 spiro atoms. The van der Waals surface area contributed by atoms with Gasteiger partial charge in [0.15, 0.2) is 0 Å². The molecule has 104 valence electrons. The Hall–Kier alpha value is -1.91. The second-order valence-corrected chi connectivity index (χ2v) is 4.68. The Labute approximate surface area is 121 Å². The Morgan fingerprint density at radius 3 is 2.55 bits per heavy atom. The van der Waals surface area contributed by atoms with Gasteiger partial charge in [0.2, 0.25) is 0 Å². The molecule has 0 radical (unpaired) electrons. The molecule has 0 heterocycles. The molecule has 3 nitrogen and oxygen atoms in total. The number of aliphatic hydroxyl groups is 1. The van der Waals surface area contributed by atoms with Crippen LogP contribution < -0.4 is 5.32 Å². The second kappa shape index (κ2) is 6.50. The molecule has 2 rings (SSSR count). The van der Waals surface area contributed by atoms with Crippen LogP contribution in [0.4, 0.5) is 4.39 Å². The van der Waals surface area contributed by atoms with Crippen LogP contribution in [0.1, 0.15) is 22.0 Å². The minimum absolute atomic E-state index is 0.108. The first kappa shape index (κ1) is 14.5. The highest BCUT2D eigenvalue weighted by molar-refractivity contribution is 6.30. The lowest BCUT2D eigenvalue weighted by Crippen LogP contribution is -2.31. The van der Waals surface area contributed by atoms with Gasteiger partial charge in [0.1, 0.15) is 5.82 Å². The van der Waals surface area contributed by atoms with Gasteiger partial charge in [-0.2, -0.15) is 0 Å². The molecule has 0 saturated heterocycles. The maximum absolute atomic E-state index is 13.6. The van der Waals surface area contributed by atoms with E-state index in [9.17, 15) is 14.3 Å². The average molecular weight is 294 g/mol. The molecule has 0 aliphatic heterocycles. The SMILES string of the molecule is O=C(NC(CO)c1ccccc1)c1ccc(Cl)cc1F. The van der Waals surface area contributed by atoms with Gasteiger partial charge in [0.25, 0.3) is 5.91 Å². The van der Waals surface area contributed by atoms with Gasteiger partial charge < -0.3 is 10.4 Å². The van der Waals surface area contributed by atoms with Crippen molar-refractivity contribution >= 4 is 17.5 Å². The van der Waals surface area contributed by atoms with Crippen LogP contribution in [0.2, 0.25) is 5.02 Å². The fraction of sp³-hybridized carbons (Fsp3) is 0.133. The molecule has 1 atom stereocenters. The zero-order chi connectivity index (χ0) is 14.5. The van der Waals surface area contributed by atoms with Crippen molar-refractivity contribution in [1.29, 1.82) is 0 Å². The van der Waals surface area contributed by atoms with E-state index in [0.29, 0.717) is 0 Å². The summed E-state index contributed by atoms with van der Waals surface area (Å²) in [5, 5.41) is 12.2. The van der Waals surface area contributed by atoms with Crippen LogP contribution in [0.3, 0.4) is 0 Å². The van der Waals surface area contributed by atoms with Gasteiger partial charge in [0, 0.05) is 5.02 Å². The van der Waals surface area contributed by atoms with Gasteiger partial charge in [0.05, 0.1) is 18.2 Å². The summed E-state index contributed by atoms with van der Waals surface area (Å²) in [7, 11) is 0. The molecule has 2 N–H and O–H groups in total. The van der Waals surface area contributed by atoms with Crippen LogP contribution in [-0.2, 0) is 0 Å². The Balaban J connectivity index is 2.17. The predicted molar refractivity (Wildman–Crippen MR) is 75.1 cm³/mol. The number of hydrogen-bond acceptors (Lipinski definition) is 2. The van der Waals surface area contributed by atoms with Crippen LogP contribution in [0.25, 0.3) is 0 Å². The van der Waals surface area contributed by atoms with Crippen LogP contribution in [-0.4, -0.2) is 17.6 Å². The first-order chi connectivity index (χ1) is 9.61. The summed E-state index contributed by atoms with van der Waals surface area (Å²) in [4.78, 5) is 12.0. The van der Waals surface area contributed by atoms with E-state index in [1.54, 1.807) is 24.3 Å². The molecular formula is C15H13ClFNO2. The van der Waals surface area contributed by atoms with Crippen molar-refractivity contribution in [3.63, 3.8) is 0 Å². The van der Waals surface area contributed by atoms with Gasteiger partial charge in [-0.3, -0.25) is 4.79 Å². The third-order valence-corrected chi connectivity index (χ3v) is 3.10. The highest BCUT2D eigenvalue weighted by Gasteiger charge is 2.17. The molecule has 0 aliphatic rings. The fourth-order valence-corrected chi connectivity index (χ4v) is 1.99. The highest BCUT2D eigenvalue weighted by atomic mass is 35.5. The van der Waals surface area contributed by atoms with Crippen molar-refractivity contribution in [2.24, 2.45) is 0 Å². The molecule has 20 heavy (non-hydrogen) atoms. The number of carbonyl (C=O) groups is 1. The maximum atomic E-state index is 13.6. The van der Waals surface area contributed by atoms with Crippen LogP contribution in [0, 0.1) is 5.82 Å². The minimum Gasteiger partial charge on any atom is -0.394 e. The summed E-state index contributed by atoms with van der Waals surface area (Å²) in [6.45, 7) is -0.273. The number of halogens is 2. The minimum atomic E-state index is -0.695. The lowest BCUT2D eigenvalue weighted by molar-refractivity contribution is 0.0912. The van der Waals surface area contributed by atoms with Crippen molar-refractivity contribution in [2.45, 2.75) is 6.04 Å². The average Bonchev–Trinajstić information content (AvgIpc) is 2.45. The maximum Gasteiger partial charge on any atom is 0.254 e. The largest absolute Gasteiger partial charge is 0.394 e. The molecule has 1 amide bonds. The van der Waals surface area contributed by atoms with Gasteiger partial charge in [-0.15, -0.1) is 0 Å². The number of rotatable bonds is 4. The summed E-state index contributed by atoms with van der Waals surface area (Å²) in [6, 6.07) is 12.2. The Morgan fingerprint density at radius 1 is 1.25 bits per heavy atom. The monoisotopic (exact) mass is 293 g/mol. The second-order valence-electron chi connectivity index (χ2n) is 4.24. The van der Waals surface area contributed by atoms with E-state index in [0.717, 1.165) is 11.6 Å².